The van der Waals surface area contributed by atoms with Crippen molar-refractivity contribution in [2.24, 2.45) is 7.05 Å². The minimum atomic E-state index is -3.47. The lowest BCUT2D eigenvalue weighted by molar-refractivity contribution is 0.340. The van der Waals surface area contributed by atoms with Gasteiger partial charge in [-0.15, -0.1) is 0 Å². The molecule has 0 aliphatic rings. The van der Waals surface area contributed by atoms with E-state index in [1.54, 1.807) is 57.4 Å². The van der Waals surface area contributed by atoms with Gasteiger partial charge in [0.05, 0.1) is 28.9 Å². The third kappa shape index (κ3) is 4.78. The zero-order valence-electron chi connectivity index (χ0n) is 17.5. The first kappa shape index (κ1) is 22.1. The Balaban J connectivity index is 2.22. The van der Waals surface area contributed by atoms with Gasteiger partial charge in [-0.05, 0) is 49.4 Å². The van der Waals surface area contributed by atoms with Gasteiger partial charge < -0.3 is 14.0 Å². The largest absolute Gasteiger partial charge is 0.493 e. The van der Waals surface area contributed by atoms with Crippen molar-refractivity contribution in [3.63, 3.8) is 0 Å². The average Bonchev–Trinajstić information content (AvgIpc) is 2.77. The van der Waals surface area contributed by atoms with E-state index in [4.69, 9.17) is 14.7 Å². The molecule has 0 radical (unpaired) electrons. The van der Waals surface area contributed by atoms with Crippen LogP contribution in [0.4, 0.5) is 0 Å². The molecule has 0 spiro atoms. The third-order valence-corrected chi connectivity index (χ3v) is 6.41. The van der Waals surface area contributed by atoms with Crippen molar-refractivity contribution < 1.29 is 17.9 Å². The van der Waals surface area contributed by atoms with Crippen LogP contribution in [0.25, 0.3) is 11.1 Å². The molecular weight excluding hydrogens is 416 g/mol. The molecule has 1 aromatic heterocycles. The Morgan fingerprint density at radius 2 is 1.71 bits per heavy atom. The monoisotopic (exact) mass is 438 g/mol. The maximum Gasteiger partial charge on any atom is 0.254 e. The topological polar surface area (TPSA) is 98.4 Å². The number of hydrogen-bond acceptors (Lipinski definition) is 6. The molecule has 31 heavy (non-hydrogen) atoms. The van der Waals surface area contributed by atoms with E-state index in [0.717, 1.165) is 0 Å². The first-order valence-electron chi connectivity index (χ1n) is 9.67. The van der Waals surface area contributed by atoms with Crippen LogP contribution in [-0.4, -0.2) is 25.3 Å². The maximum absolute atomic E-state index is 12.5. The van der Waals surface area contributed by atoms with E-state index in [-0.39, 0.29) is 16.2 Å². The predicted octanol–water partition coefficient (Wildman–Crippen LogP) is 3.91. The number of nitriles is 1. The SMILES string of the molecule is CCOc1cc(=O)n(C)cc1-c1cc(S(=O)(=O)CC)ccc1Oc1ccc(C#N)cc1. The molecule has 0 amide bonds. The summed E-state index contributed by atoms with van der Waals surface area (Å²) in [7, 11) is -1.87. The van der Waals surface area contributed by atoms with Crippen LogP contribution in [0.15, 0.2) is 64.4 Å². The van der Waals surface area contributed by atoms with Crippen molar-refractivity contribution in [1.29, 1.82) is 5.26 Å². The first-order valence-corrected chi connectivity index (χ1v) is 11.3. The summed E-state index contributed by atoms with van der Waals surface area (Å²) in [5.41, 5.74) is 1.24. The van der Waals surface area contributed by atoms with Crippen LogP contribution in [0.3, 0.4) is 0 Å². The third-order valence-electron chi connectivity index (χ3n) is 4.68. The lowest BCUT2D eigenvalue weighted by Gasteiger charge is -2.17. The molecule has 3 aromatic rings. The number of aromatic nitrogens is 1. The Kier molecular flexibility index (Phi) is 6.47. The summed E-state index contributed by atoms with van der Waals surface area (Å²) in [6.45, 7) is 3.71. The number of rotatable bonds is 7. The van der Waals surface area contributed by atoms with Gasteiger partial charge in [0.2, 0.25) is 0 Å². The molecule has 0 fully saturated rings. The van der Waals surface area contributed by atoms with E-state index >= 15 is 0 Å². The second-order valence-corrected chi connectivity index (χ2v) is 9.01. The van der Waals surface area contributed by atoms with Crippen LogP contribution in [-0.2, 0) is 16.9 Å². The molecule has 8 heteroatoms. The molecular formula is C23H22N2O5S. The van der Waals surface area contributed by atoms with E-state index in [0.29, 0.717) is 40.5 Å². The number of ether oxygens (including phenoxy) is 2. The summed E-state index contributed by atoms with van der Waals surface area (Å²) >= 11 is 0. The van der Waals surface area contributed by atoms with Crippen LogP contribution in [0.5, 0.6) is 17.2 Å². The highest BCUT2D eigenvalue weighted by atomic mass is 32.2. The van der Waals surface area contributed by atoms with Crippen molar-refractivity contribution in [2.75, 3.05) is 12.4 Å². The normalized spacial score (nSPS) is 11.0. The molecule has 0 unspecified atom stereocenters. The zero-order valence-corrected chi connectivity index (χ0v) is 18.3. The summed E-state index contributed by atoms with van der Waals surface area (Å²) in [5.74, 6) is 1.16. The fourth-order valence-corrected chi connectivity index (χ4v) is 3.89. The summed E-state index contributed by atoms with van der Waals surface area (Å²) in [5, 5.41) is 8.98. The number of sulfone groups is 1. The smallest absolute Gasteiger partial charge is 0.254 e. The van der Waals surface area contributed by atoms with Gasteiger partial charge in [-0.1, -0.05) is 6.92 Å². The second-order valence-electron chi connectivity index (χ2n) is 6.73. The fourth-order valence-electron chi connectivity index (χ4n) is 2.98. The molecule has 0 N–H and O–H groups in total. The van der Waals surface area contributed by atoms with Gasteiger partial charge in [0, 0.05) is 30.4 Å². The number of benzene rings is 2. The highest BCUT2D eigenvalue weighted by molar-refractivity contribution is 7.91. The van der Waals surface area contributed by atoms with E-state index in [2.05, 4.69) is 0 Å². The summed E-state index contributed by atoms with van der Waals surface area (Å²) in [6.07, 6.45) is 1.59. The Morgan fingerprint density at radius 1 is 1.00 bits per heavy atom. The van der Waals surface area contributed by atoms with Gasteiger partial charge in [0.1, 0.15) is 17.2 Å². The Hall–Kier alpha value is -3.57. The molecule has 0 bridgehead atoms. The molecule has 3 rings (SSSR count). The molecule has 7 nitrogen and oxygen atoms in total. The van der Waals surface area contributed by atoms with Crippen molar-refractivity contribution in [3.8, 4) is 34.4 Å². The van der Waals surface area contributed by atoms with Crippen LogP contribution >= 0.6 is 0 Å². The molecule has 0 aliphatic carbocycles. The van der Waals surface area contributed by atoms with E-state index < -0.39 is 9.84 Å². The van der Waals surface area contributed by atoms with Crippen LogP contribution in [0, 0.1) is 11.3 Å². The van der Waals surface area contributed by atoms with Gasteiger partial charge in [-0.25, -0.2) is 8.42 Å². The molecule has 0 aliphatic heterocycles. The minimum absolute atomic E-state index is 0.0478. The number of pyridine rings is 1. The van der Waals surface area contributed by atoms with Crippen molar-refractivity contribution in [1.82, 2.24) is 4.57 Å². The van der Waals surface area contributed by atoms with Crippen molar-refractivity contribution >= 4 is 9.84 Å². The minimum Gasteiger partial charge on any atom is -0.493 e. The molecule has 0 atom stereocenters. The zero-order chi connectivity index (χ0) is 22.6. The highest BCUT2D eigenvalue weighted by Crippen LogP contribution is 2.39. The Bertz CT molecular complexity index is 1300. The molecule has 0 saturated carbocycles. The van der Waals surface area contributed by atoms with Crippen molar-refractivity contribution in [2.45, 2.75) is 18.7 Å². The van der Waals surface area contributed by atoms with E-state index in [1.807, 2.05) is 6.07 Å². The number of hydrogen-bond donors (Lipinski definition) is 0. The molecule has 0 saturated heterocycles. The Labute approximate surface area is 181 Å². The van der Waals surface area contributed by atoms with Gasteiger partial charge >= 0.3 is 0 Å². The molecule has 160 valence electrons. The highest BCUT2D eigenvalue weighted by Gasteiger charge is 2.19. The quantitative estimate of drug-likeness (QED) is 0.555. The summed E-state index contributed by atoms with van der Waals surface area (Å²) < 4.78 is 38.1. The van der Waals surface area contributed by atoms with Gasteiger partial charge in [0.25, 0.3) is 5.56 Å². The predicted molar refractivity (Wildman–Crippen MR) is 117 cm³/mol. The van der Waals surface area contributed by atoms with Gasteiger partial charge in [-0.3, -0.25) is 4.79 Å². The number of aryl methyl sites for hydroxylation is 1. The lowest BCUT2D eigenvalue weighted by atomic mass is 10.1. The number of nitrogens with zero attached hydrogens (tertiary/aromatic N) is 2. The fraction of sp³-hybridized carbons (Fsp3) is 0.217. The van der Waals surface area contributed by atoms with E-state index in [1.165, 1.54) is 22.8 Å². The van der Waals surface area contributed by atoms with Crippen LogP contribution in [0.1, 0.15) is 19.4 Å². The van der Waals surface area contributed by atoms with Crippen LogP contribution in [0.2, 0.25) is 0 Å². The maximum atomic E-state index is 12.5. The van der Waals surface area contributed by atoms with Crippen molar-refractivity contribution in [3.05, 3.63) is 70.6 Å². The summed E-state index contributed by atoms with van der Waals surface area (Å²) in [6, 6.07) is 14.6. The van der Waals surface area contributed by atoms with E-state index in [9.17, 15) is 13.2 Å². The standard InChI is InChI=1S/C23H22N2O5S/c1-4-29-22-13-23(26)25(3)15-20(22)19-12-18(31(27,28)5-2)10-11-21(19)30-17-8-6-16(14-24)7-9-17/h6-13,15H,4-5H2,1-3H3. The van der Waals surface area contributed by atoms with Gasteiger partial charge in [-0.2, -0.15) is 5.26 Å². The first-order chi connectivity index (χ1) is 14.8. The summed E-state index contributed by atoms with van der Waals surface area (Å²) in [4.78, 5) is 12.3. The molecule has 2 aromatic carbocycles. The van der Waals surface area contributed by atoms with Gasteiger partial charge in [0.15, 0.2) is 9.84 Å². The van der Waals surface area contributed by atoms with Crippen LogP contribution < -0.4 is 15.0 Å². The Morgan fingerprint density at radius 3 is 2.32 bits per heavy atom. The average molecular weight is 439 g/mol. The lowest BCUT2D eigenvalue weighted by Crippen LogP contribution is -2.16. The molecule has 1 heterocycles. The second kappa shape index (κ2) is 9.06.